The fraction of sp³-hybridized carbons (Fsp3) is 0.364. The second-order valence-electron chi connectivity index (χ2n) is 3.89. The van der Waals surface area contributed by atoms with Crippen LogP contribution < -0.4 is 5.73 Å². The second-order valence-corrected chi connectivity index (χ2v) is 3.89. The molecule has 6 heteroatoms. The fourth-order valence-corrected chi connectivity index (χ4v) is 1.73. The Morgan fingerprint density at radius 2 is 2.35 bits per heavy atom. The van der Waals surface area contributed by atoms with Gasteiger partial charge in [-0.1, -0.05) is 0 Å². The van der Waals surface area contributed by atoms with Crippen LogP contribution in [0.4, 0.5) is 0 Å². The normalized spacial score (nSPS) is 19.4. The van der Waals surface area contributed by atoms with Gasteiger partial charge in [0.25, 0.3) is 11.8 Å². The van der Waals surface area contributed by atoms with Gasteiger partial charge in [0.15, 0.2) is 0 Å². The number of aromatic nitrogens is 1. The van der Waals surface area contributed by atoms with Crippen LogP contribution in [0.15, 0.2) is 12.3 Å². The summed E-state index contributed by atoms with van der Waals surface area (Å²) in [6.45, 7) is 0.809. The number of carbonyl (C=O) groups excluding carboxylic acids is 2. The Kier molecular flexibility index (Phi) is 3.06. The van der Waals surface area contributed by atoms with Crippen LogP contribution in [-0.2, 0) is 0 Å². The van der Waals surface area contributed by atoms with Crippen LogP contribution in [0.1, 0.15) is 27.3 Å². The summed E-state index contributed by atoms with van der Waals surface area (Å²) in [5.74, 6) is -0.993. The standard InChI is InChI=1S/C11H12N3O3/c12-10(16)9-5-7(1-3-13-9)11(17)14-4-2-8(15)6-14/h1,3,8,15H,2,4,6H2,(H2,12,16). The summed E-state index contributed by atoms with van der Waals surface area (Å²) < 4.78 is 0. The summed E-state index contributed by atoms with van der Waals surface area (Å²) in [7, 11) is 0. The number of carbonyl (C=O) groups is 2. The lowest BCUT2D eigenvalue weighted by Gasteiger charge is -2.15. The number of primary amides is 1. The van der Waals surface area contributed by atoms with Crippen molar-refractivity contribution in [2.75, 3.05) is 13.1 Å². The topological polar surface area (TPSA) is 96.5 Å². The third-order valence-corrected chi connectivity index (χ3v) is 2.61. The summed E-state index contributed by atoms with van der Waals surface area (Å²) in [6.07, 6.45) is 1.44. The maximum Gasteiger partial charge on any atom is 0.267 e. The molecule has 0 saturated carbocycles. The number of amides is 2. The van der Waals surface area contributed by atoms with Crippen LogP contribution in [-0.4, -0.2) is 46.0 Å². The molecule has 0 spiro atoms. The second kappa shape index (κ2) is 4.50. The molecule has 89 valence electrons. The van der Waals surface area contributed by atoms with Crippen molar-refractivity contribution in [1.82, 2.24) is 9.88 Å². The van der Waals surface area contributed by atoms with E-state index in [-0.39, 0.29) is 17.2 Å². The maximum absolute atomic E-state index is 12.0. The smallest absolute Gasteiger partial charge is 0.267 e. The number of likely N-dealkylation sites (tertiary alicyclic amines) is 1. The SMILES string of the molecule is NC(=O)c1[c]c(C(=O)N2CCC(O)C2)ccn1. The molecular formula is C11H12N3O3. The largest absolute Gasteiger partial charge is 0.391 e. The van der Waals surface area contributed by atoms with Crippen molar-refractivity contribution in [3.63, 3.8) is 0 Å². The monoisotopic (exact) mass is 234 g/mol. The number of nitrogens with two attached hydrogens (primary N) is 1. The first-order valence-corrected chi connectivity index (χ1v) is 5.23. The Bertz CT molecular complexity index is 461. The van der Waals surface area contributed by atoms with Gasteiger partial charge in [-0.25, -0.2) is 0 Å². The summed E-state index contributed by atoms with van der Waals surface area (Å²) in [4.78, 5) is 28.1. The van der Waals surface area contributed by atoms with Crippen molar-refractivity contribution in [3.8, 4) is 0 Å². The number of pyridine rings is 1. The zero-order valence-corrected chi connectivity index (χ0v) is 9.09. The molecule has 1 atom stereocenters. The van der Waals surface area contributed by atoms with E-state index in [0.717, 1.165) is 0 Å². The lowest BCUT2D eigenvalue weighted by molar-refractivity contribution is 0.0764. The van der Waals surface area contributed by atoms with Crippen LogP contribution in [0, 0.1) is 6.07 Å². The lowest BCUT2D eigenvalue weighted by Crippen LogP contribution is -2.30. The maximum atomic E-state index is 12.0. The third kappa shape index (κ3) is 2.42. The van der Waals surface area contributed by atoms with Crippen molar-refractivity contribution < 1.29 is 14.7 Å². The molecular weight excluding hydrogens is 222 g/mol. The molecule has 1 saturated heterocycles. The highest BCUT2D eigenvalue weighted by Crippen LogP contribution is 2.13. The van der Waals surface area contributed by atoms with Gasteiger partial charge in [-0.15, -0.1) is 0 Å². The number of aliphatic hydroxyl groups is 1. The predicted molar refractivity (Wildman–Crippen MR) is 58.1 cm³/mol. The number of hydrogen-bond donors (Lipinski definition) is 2. The van der Waals surface area contributed by atoms with Crippen molar-refractivity contribution in [3.05, 3.63) is 29.6 Å². The molecule has 1 fully saturated rings. The van der Waals surface area contributed by atoms with Crippen molar-refractivity contribution in [2.45, 2.75) is 12.5 Å². The molecule has 0 bridgehead atoms. The van der Waals surface area contributed by atoms with Gasteiger partial charge in [-0.2, -0.15) is 0 Å². The Morgan fingerprint density at radius 1 is 1.59 bits per heavy atom. The third-order valence-electron chi connectivity index (χ3n) is 2.61. The molecule has 1 aromatic rings. The highest BCUT2D eigenvalue weighted by molar-refractivity contribution is 5.97. The number of β-amino-alcohol motifs (C(OH)–C–C–N with tert-alkyl or cyclic N) is 1. The number of nitrogens with zero attached hydrogens (tertiary/aromatic N) is 2. The molecule has 6 nitrogen and oxygen atoms in total. The average Bonchev–Trinajstić information content (AvgIpc) is 2.75. The molecule has 17 heavy (non-hydrogen) atoms. The van der Waals surface area contributed by atoms with Gasteiger partial charge in [-0.05, 0) is 12.5 Å². The van der Waals surface area contributed by atoms with Crippen LogP contribution in [0.5, 0.6) is 0 Å². The van der Waals surface area contributed by atoms with Crippen LogP contribution in [0.25, 0.3) is 0 Å². The molecule has 2 amide bonds. The Morgan fingerprint density at radius 3 is 2.94 bits per heavy atom. The van der Waals surface area contributed by atoms with Gasteiger partial charge in [0.2, 0.25) is 0 Å². The zero-order chi connectivity index (χ0) is 12.4. The minimum atomic E-state index is -0.721. The predicted octanol–water partition coefficient (Wildman–Crippen LogP) is -0.813. The lowest BCUT2D eigenvalue weighted by atomic mass is 10.2. The zero-order valence-electron chi connectivity index (χ0n) is 9.09. The van der Waals surface area contributed by atoms with Gasteiger partial charge < -0.3 is 15.7 Å². The van der Waals surface area contributed by atoms with E-state index in [0.29, 0.717) is 19.5 Å². The quantitative estimate of drug-likeness (QED) is 0.699. The van der Waals surface area contributed by atoms with Crippen LogP contribution >= 0.6 is 0 Å². The van der Waals surface area contributed by atoms with Gasteiger partial charge >= 0.3 is 0 Å². The first-order valence-electron chi connectivity index (χ1n) is 5.23. The minimum Gasteiger partial charge on any atom is -0.391 e. The van der Waals surface area contributed by atoms with Crippen LogP contribution in [0.2, 0.25) is 0 Å². The first kappa shape index (κ1) is 11.5. The number of hydrogen-bond acceptors (Lipinski definition) is 4. The first-order chi connectivity index (χ1) is 8.08. The molecule has 0 aromatic carbocycles. The summed E-state index contributed by atoms with van der Waals surface area (Å²) in [6, 6.07) is 4.05. The van der Waals surface area contributed by atoms with Crippen molar-refractivity contribution in [2.24, 2.45) is 5.73 Å². The van der Waals surface area contributed by atoms with Crippen LogP contribution in [0.3, 0.4) is 0 Å². The van der Waals surface area contributed by atoms with E-state index in [4.69, 9.17) is 5.73 Å². The van der Waals surface area contributed by atoms with Gasteiger partial charge in [-0.3, -0.25) is 14.6 Å². The molecule has 1 aliphatic rings. The average molecular weight is 234 g/mol. The molecule has 1 aromatic heterocycles. The van der Waals surface area contributed by atoms with Gasteiger partial charge in [0, 0.05) is 25.4 Å². The Balaban J connectivity index is 2.19. The van der Waals surface area contributed by atoms with E-state index in [1.54, 1.807) is 0 Å². The number of aliphatic hydroxyl groups excluding tert-OH is 1. The molecule has 0 aliphatic carbocycles. The van der Waals surface area contributed by atoms with Crippen molar-refractivity contribution >= 4 is 11.8 Å². The summed E-state index contributed by atoms with van der Waals surface area (Å²) >= 11 is 0. The Labute approximate surface area is 98.1 Å². The molecule has 1 unspecified atom stereocenters. The van der Waals surface area contributed by atoms with E-state index >= 15 is 0 Å². The minimum absolute atomic E-state index is 0.0596. The summed E-state index contributed by atoms with van der Waals surface area (Å²) in [5.41, 5.74) is 5.24. The highest BCUT2D eigenvalue weighted by atomic mass is 16.3. The van der Waals surface area contributed by atoms with Gasteiger partial charge in [0.1, 0.15) is 5.69 Å². The van der Waals surface area contributed by atoms with Crippen molar-refractivity contribution in [1.29, 1.82) is 0 Å². The Hall–Kier alpha value is -1.95. The van der Waals surface area contributed by atoms with Gasteiger partial charge in [0.05, 0.1) is 11.7 Å². The number of rotatable bonds is 2. The molecule has 1 aliphatic heterocycles. The van der Waals surface area contributed by atoms with E-state index in [2.05, 4.69) is 11.1 Å². The summed E-state index contributed by atoms with van der Waals surface area (Å²) in [5, 5.41) is 9.35. The fourth-order valence-electron chi connectivity index (χ4n) is 1.73. The molecule has 1 radical (unpaired) electrons. The molecule has 3 N–H and O–H groups in total. The highest BCUT2D eigenvalue weighted by Gasteiger charge is 2.25. The molecule has 2 rings (SSSR count). The van der Waals surface area contributed by atoms with E-state index in [9.17, 15) is 14.7 Å². The van der Waals surface area contributed by atoms with E-state index in [1.165, 1.54) is 17.2 Å². The van der Waals surface area contributed by atoms with E-state index in [1.807, 2.05) is 0 Å². The molecule has 2 heterocycles. The van der Waals surface area contributed by atoms with E-state index < -0.39 is 12.0 Å².